The average molecular weight is 360 g/mol. The highest BCUT2D eigenvalue weighted by Gasteiger charge is 2.31. The molecular weight excluding hydrogens is 338 g/mol. The maximum atomic E-state index is 11.6. The van der Waals surface area contributed by atoms with Gasteiger partial charge in [-0.3, -0.25) is 14.9 Å². The van der Waals surface area contributed by atoms with E-state index in [-0.39, 0.29) is 24.3 Å². The van der Waals surface area contributed by atoms with E-state index in [1.807, 2.05) is 12.1 Å². The van der Waals surface area contributed by atoms with Gasteiger partial charge in [0.15, 0.2) is 0 Å². The SMILES string of the molecule is [2H]C([2H])([2H])N(CCOc1ccc(CC2SC(=O)NC2=O)cc1)c1ccccn1. The Labute approximate surface area is 154 Å². The number of nitrogens with one attached hydrogen (secondary N) is 1. The van der Waals surface area contributed by atoms with Gasteiger partial charge in [0.05, 0.1) is 11.8 Å². The first-order valence-electron chi connectivity index (χ1n) is 9.25. The Morgan fingerprint density at radius 2 is 2.12 bits per heavy atom. The number of nitrogens with zero attached hydrogens (tertiary/aromatic N) is 2. The maximum Gasteiger partial charge on any atom is 0.286 e. The van der Waals surface area contributed by atoms with Crippen LogP contribution in [0.2, 0.25) is 0 Å². The normalized spacial score (nSPS) is 18.9. The number of anilines is 1. The van der Waals surface area contributed by atoms with Crippen molar-refractivity contribution in [3.8, 4) is 5.75 Å². The number of rotatable bonds is 7. The van der Waals surface area contributed by atoms with Crippen LogP contribution in [0.25, 0.3) is 0 Å². The Morgan fingerprint density at radius 3 is 2.76 bits per heavy atom. The summed E-state index contributed by atoms with van der Waals surface area (Å²) in [6.45, 7) is -2.00. The molecule has 130 valence electrons. The van der Waals surface area contributed by atoms with E-state index in [0.29, 0.717) is 18.0 Å². The van der Waals surface area contributed by atoms with Crippen LogP contribution in [-0.4, -0.2) is 41.5 Å². The Kier molecular flexibility index (Phi) is 4.40. The summed E-state index contributed by atoms with van der Waals surface area (Å²) in [7, 11) is 0. The van der Waals surface area contributed by atoms with Crippen molar-refractivity contribution in [1.29, 1.82) is 0 Å². The van der Waals surface area contributed by atoms with Gasteiger partial charge in [-0.15, -0.1) is 0 Å². The highest BCUT2D eigenvalue weighted by Crippen LogP contribution is 2.23. The lowest BCUT2D eigenvalue weighted by atomic mass is 10.1. The van der Waals surface area contributed by atoms with Crippen LogP contribution in [0.3, 0.4) is 0 Å². The quantitative estimate of drug-likeness (QED) is 0.818. The van der Waals surface area contributed by atoms with Crippen LogP contribution in [0.5, 0.6) is 5.75 Å². The molecule has 1 aliphatic heterocycles. The Hall–Kier alpha value is -2.54. The van der Waals surface area contributed by atoms with Gasteiger partial charge >= 0.3 is 0 Å². The number of amides is 2. The third kappa shape index (κ3) is 4.73. The van der Waals surface area contributed by atoms with Crippen molar-refractivity contribution in [2.75, 3.05) is 25.0 Å². The monoisotopic (exact) mass is 360 g/mol. The Balaban J connectivity index is 1.54. The fraction of sp³-hybridized carbons (Fsp3) is 0.278. The minimum atomic E-state index is -2.32. The van der Waals surface area contributed by atoms with Gasteiger partial charge in [0.1, 0.15) is 18.2 Å². The van der Waals surface area contributed by atoms with Gasteiger partial charge in [-0.25, -0.2) is 4.98 Å². The minimum absolute atomic E-state index is 0.149. The zero-order valence-electron chi connectivity index (χ0n) is 16.3. The smallest absolute Gasteiger partial charge is 0.286 e. The number of imide groups is 1. The number of likely N-dealkylation sites (N-methyl/N-ethyl adjacent to an activating group) is 1. The maximum absolute atomic E-state index is 11.6. The van der Waals surface area contributed by atoms with Crippen LogP contribution in [-0.2, 0) is 11.2 Å². The van der Waals surface area contributed by atoms with Crippen LogP contribution in [0.4, 0.5) is 10.6 Å². The highest BCUT2D eigenvalue weighted by molar-refractivity contribution is 8.15. The lowest BCUT2D eigenvalue weighted by molar-refractivity contribution is -0.118. The number of pyridine rings is 1. The lowest BCUT2D eigenvalue weighted by Crippen LogP contribution is -2.25. The number of ether oxygens (including phenoxy) is 1. The zero-order valence-corrected chi connectivity index (χ0v) is 14.2. The summed E-state index contributed by atoms with van der Waals surface area (Å²) in [5.74, 6) is 0.688. The van der Waals surface area contributed by atoms with E-state index >= 15 is 0 Å². The molecule has 1 aromatic carbocycles. The number of thioether (sulfide) groups is 1. The van der Waals surface area contributed by atoms with E-state index in [2.05, 4.69) is 10.3 Å². The van der Waals surface area contributed by atoms with Crippen molar-refractivity contribution in [2.24, 2.45) is 0 Å². The van der Waals surface area contributed by atoms with Crippen LogP contribution in [0.15, 0.2) is 48.7 Å². The van der Waals surface area contributed by atoms with E-state index in [4.69, 9.17) is 8.85 Å². The molecule has 0 aliphatic carbocycles. The van der Waals surface area contributed by atoms with Crippen LogP contribution < -0.4 is 15.0 Å². The predicted octanol–water partition coefficient (Wildman–Crippen LogP) is 2.49. The molecule has 1 saturated heterocycles. The summed E-state index contributed by atoms with van der Waals surface area (Å²) < 4.78 is 28.7. The second kappa shape index (κ2) is 8.02. The van der Waals surface area contributed by atoms with Crippen LogP contribution in [0.1, 0.15) is 9.68 Å². The zero-order chi connectivity index (χ0) is 20.1. The fourth-order valence-corrected chi connectivity index (χ4v) is 3.21. The molecule has 1 unspecified atom stereocenters. The molecule has 0 saturated carbocycles. The van der Waals surface area contributed by atoms with Gasteiger partial charge in [-0.05, 0) is 36.2 Å². The average Bonchev–Trinajstić information content (AvgIpc) is 2.97. The summed E-state index contributed by atoms with van der Waals surface area (Å²) >= 11 is 0.994. The number of carbonyl (C=O) groups is 2. The first-order chi connectivity index (χ1) is 13.3. The molecule has 1 aliphatic rings. The first-order valence-corrected chi connectivity index (χ1v) is 8.63. The second-order valence-corrected chi connectivity index (χ2v) is 6.59. The molecule has 1 atom stereocenters. The molecule has 1 fully saturated rings. The van der Waals surface area contributed by atoms with Crippen molar-refractivity contribution in [3.63, 3.8) is 0 Å². The molecule has 2 amide bonds. The third-order valence-corrected chi connectivity index (χ3v) is 4.60. The summed E-state index contributed by atoms with van der Waals surface area (Å²) in [4.78, 5) is 28.2. The van der Waals surface area contributed by atoms with Gasteiger partial charge in [-0.1, -0.05) is 30.0 Å². The van der Waals surface area contributed by atoms with Gasteiger partial charge < -0.3 is 9.64 Å². The van der Waals surface area contributed by atoms with Gasteiger partial charge in [0, 0.05) is 17.3 Å². The molecule has 0 bridgehead atoms. The summed E-state index contributed by atoms with van der Waals surface area (Å²) in [5.41, 5.74) is 0.910. The topological polar surface area (TPSA) is 71.5 Å². The molecule has 1 aromatic heterocycles. The van der Waals surface area contributed by atoms with E-state index < -0.39 is 12.2 Å². The number of hydrogen-bond acceptors (Lipinski definition) is 6. The van der Waals surface area contributed by atoms with Gasteiger partial charge in [0.25, 0.3) is 5.24 Å². The van der Waals surface area contributed by atoms with Gasteiger partial charge in [0.2, 0.25) is 5.91 Å². The molecule has 1 N–H and O–H groups in total. The van der Waals surface area contributed by atoms with E-state index in [1.165, 1.54) is 4.90 Å². The molecule has 25 heavy (non-hydrogen) atoms. The minimum Gasteiger partial charge on any atom is -0.492 e. The van der Waals surface area contributed by atoms with Gasteiger partial charge in [-0.2, -0.15) is 0 Å². The van der Waals surface area contributed by atoms with Crippen molar-refractivity contribution in [3.05, 3.63) is 54.2 Å². The second-order valence-electron chi connectivity index (χ2n) is 5.42. The molecule has 0 radical (unpaired) electrons. The molecule has 0 spiro atoms. The Bertz CT molecular complexity index is 831. The standard InChI is InChI=1S/C18H19N3O3S/c1-21(16-4-2-3-9-19-16)10-11-24-14-7-5-13(6-8-14)12-15-17(22)20-18(23)25-15/h2-9,15H,10-12H2,1H3,(H,20,22,23)/i1D3. The fourth-order valence-electron chi connectivity index (χ4n) is 2.35. The molecule has 2 aromatic rings. The third-order valence-electron chi connectivity index (χ3n) is 3.62. The summed E-state index contributed by atoms with van der Waals surface area (Å²) in [6.07, 6.45) is 2.00. The largest absolute Gasteiger partial charge is 0.492 e. The summed E-state index contributed by atoms with van der Waals surface area (Å²) in [6, 6.07) is 12.3. The Morgan fingerprint density at radius 1 is 1.28 bits per heavy atom. The number of benzene rings is 1. The molecule has 7 heteroatoms. The highest BCUT2D eigenvalue weighted by atomic mass is 32.2. The van der Waals surface area contributed by atoms with E-state index in [9.17, 15) is 9.59 Å². The van der Waals surface area contributed by atoms with Crippen LogP contribution >= 0.6 is 11.8 Å². The number of carbonyl (C=O) groups excluding carboxylic acids is 2. The molecular formula is C18H19N3O3S. The summed E-state index contributed by atoms with van der Waals surface area (Å²) in [5, 5.41) is 1.54. The van der Waals surface area contributed by atoms with Crippen molar-refractivity contribution in [1.82, 2.24) is 10.3 Å². The molecule has 3 rings (SSSR count). The van der Waals surface area contributed by atoms with E-state index in [0.717, 1.165) is 17.3 Å². The van der Waals surface area contributed by atoms with Crippen molar-refractivity contribution < 1.29 is 18.4 Å². The van der Waals surface area contributed by atoms with E-state index in [1.54, 1.807) is 36.5 Å². The first kappa shape index (κ1) is 13.7. The van der Waals surface area contributed by atoms with Crippen LogP contribution in [0, 0.1) is 0 Å². The molecule has 2 heterocycles. The predicted molar refractivity (Wildman–Crippen MR) is 98.1 cm³/mol. The van der Waals surface area contributed by atoms with Crippen molar-refractivity contribution >= 4 is 28.7 Å². The van der Waals surface area contributed by atoms with Crippen molar-refractivity contribution in [2.45, 2.75) is 11.7 Å². The number of aromatic nitrogens is 1. The number of hydrogen-bond donors (Lipinski definition) is 1. The molecule has 6 nitrogen and oxygen atoms in total. The lowest BCUT2D eigenvalue weighted by Gasteiger charge is -2.18.